The molecule has 0 saturated heterocycles. The molecule has 0 radical (unpaired) electrons. The molecule has 0 saturated carbocycles. The lowest BCUT2D eigenvalue weighted by atomic mass is 9.96. The monoisotopic (exact) mass is 412 g/mol. The van der Waals surface area contributed by atoms with Crippen LogP contribution in [0.25, 0.3) is 0 Å². The van der Waals surface area contributed by atoms with Crippen molar-refractivity contribution in [1.82, 2.24) is 0 Å². The van der Waals surface area contributed by atoms with Gasteiger partial charge in [-0.1, -0.05) is 131 Å². The summed E-state index contributed by atoms with van der Waals surface area (Å²) in [4.78, 5) is 0. The fourth-order valence-electron chi connectivity index (χ4n) is 3.62. The van der Waals surface area contributed by atoms with Crippen molar-refractivity contribution in [3.63, 3.8) is 0 Å². The second-order valence-corrected chi connectivity index (χ2v) is 15.7. The molecule has 0 amide bonds. The summed E-state index contributed by atoms with van der Waals surface area (Å²) in [5, 5.41) is 0.344. The highest BCUT2D eigenvalue weighted by Crippen LogP contribution is 2.36. The minimum atomic E-state index is -1.53. The lowest BCUT2D eigenvalue weighted by molar-refractivity contribution is 0.276. The maximum absolute atomic E-state index is 6.28. The molecule has 0 aliphatic rings. The summed E-state index contributed by atoms with van der Waals surface area (Å²) in [5.74, 6) is 0.928. The van der Waals surface area contributed by atoms with Crippen molar-refractivity contribution in [3.05, 3.63) is 0 Å². The molecule has 0 aliphatic carbocycles. The van der Waals surface area contributed by atoms with Crippen molar-refractivity contribution in [2.24, 2.45) is 5.92 Å². The second-order valence-electron chi connectivity index (χ2n) is 10.9. The summed E-state index contributed by atoms with van der Waals surface area (Å²) < 4.78 is 6.28. The highest BCUT2D eigenvalue weighted by atomic mass is 28.4. The van der Waals surface area contributed by atoms with E-state index in [-0.39, 0.29) is 0 Å². The van der Waals surface area contributed by atoms with E-state index in [1.54, 1.807) is 0 Å². The predicted octanol–water partition coefficient (Wildman–Crippen LogP) is 9.91. The number of unbranched alkanes of at least 4 members (excludes halogenated alkanes) is 12. The average Bonchev–Trinajstić information content (AvgIpc) is 2.61. The zero-order valence-electron chi connectivity index (χ0n) is 21.0. The van der Waals surface area contributed by atoms with Crippen LogP contribution in [0, 0.1) is 5.92 Å². The summed E-state index contributed by atoms with van der Waals surface area (Å²) in [6.45, 7) is 17.5. The molecular formula is C26H56OSi. The predicted molar refractivity (Wildman–Crippen MR) is 132 cm³/mol. The molecular weight excluding hydrogens is 356 g/mol. The maximum Gasteiger partial charge on any atom is 0.191 e. The van der Waals surface area contributed by atoms with Crippen LogP contribution in [0.5, 0.6) is 0 Å². The first kappa shape index (κ1) is 28.2. The van der Waals surface area contributed by atoms with Gasteiger partial charge in [-0.25, -0.2) is 0 Å². The van der Waals surface area contributed by atoms with Crippen LogP contribution in [0.3, 0.4) is 0 Å². The van der Waals surface area contributed by atoms with Crippen molar-refractivity contribution in [1.29, 1.82) is 0 Å². The van der Waals surface area contributed by atoms with Gasteiger partial charge in [-0.2, -0.15) is 0 Å². The Morgan fingerprint density at radius 1 is 0.643 bits per heavy atom. The quantitative estimate of drug-likeness (QED) is 0.151. The van der Waals surface area contributed by atoms with E-state index in [1.807, 2.05) is 0 Å². The normalized spacial score (nSPS) is 13.8. The van der Waals surface area contributed by atoms with Gasteiger partial charge in [-0.15, -0.1) is 0 Å². The number of hydrogen-bond donors (Lipinski definition) is 0. The summed E-state index contributed by atoms with van der Waals surface area (Å²) >= 11 is 0. The van der Waals surface area contributed by atoms with Crippen molar-refractivity contribution in [2.45, 2.75) is 155 Å². The maximum atomic E-state index is 6.28. The largest absolute Gasteiger partial charge is 0.417 e. The first-order chi connectivity index (χ1) is 13.2. The van der Waals surface area contributed by atoms with E-state index < -0.39 is 8.32 Å². The molecule has 28 heavy (non-hydrogen) atoms. The molecule has 0 rings (SSSR count). The molecule has 0 spiro atoms. The summed E-state index contributed by atoms with van der Waals surface area (Å²) in [6, 6.07) is 0. The van der Waals surface area contributed by atoms with Crippen LogP contribution in [0.4, 0.5) is 0 Å². The van der Waals surface area contributed by atoms with Gasteiger partial charge in [-0.05, 0) is 30.5 Å². The van der Waals surface area contributed by atoms with E-state index in [9.17, 15) is 0 Å². The Morgan fingerprint density at radius 3 is 1.46 bits per heavy atom. The molecule has 0 bridgehead atoms. The number of rotatable bonds is 19. The van der Waals surface area contributed by atoms with Crippen molar-refractivity contribution < 1.29 is 4.43 Å². The van der Waals surface area contributed by atoms with Gasteiger partial charge in [0.2, 0.25) is 0 Å². The summed E-state index contributed by atoms with van der Waals surface area (Å²) in [5.41, 5.74) is 0. The van der Waals surface area contributed by atoms with Crippen molar-refractivity contribution >= 4 is 8.32 Å². The molecule has 0 fully saturated rings. The van der Waals surface area contributed by atoms with E-state index in [4.69, 9.17) is 4.43 Å². The van der Waals surface area contributed by atoms with E-state index in [0.717, 1.165) is 12.5 Å². The molecule has 0 aromatic heterocycles. The third-order valence-corrected chi connectivity index (χ3v) is 11.4. The molecule has 0 aromatic rings. The molecule has 1 atom stereocenters. The fourth-order valence-corrected chi connectivity index (χ4v) is 4.70. The van der Waals surface area contributed by atoms with Crippen LogP contribution in [-0.4, -0.2) is 14.9 Å². The Balaban J connectivity index is 3.37. The minimum Gasteiger partial charge on any atom is -0.417 e. The molecule has 0 heterocycles. The third kappa shape index (κ3) is 16.0. The highest BCUT2D eigenvalue weighted by Gasteiger charge is 2.36. The zero-order chi connectivity index (χ0) is 21.3. The third-order valence-electron chi connectivity index (χ3n) is 6.91. The standard InChI is InChI=1S/C26H56OSi/c1-8-9-10-11-12-13-14-15-16-19-22-25(2)23-20-17-18-21-24-27-28(6,7)26(3,4)5/h25H,8-24H2,1-7H3/t25-/m0/s1. The van der Waals surface area contributed by atoms with Gasteiger partial charge in [0.15, 0.2) is 8.32 Å². The van der Waals surface area contributed by atoms with Crippen LogP contribution in [0.15, 0.2) is 0 Å². The van der Waals surface area contributed by atoms with Gasteiger partial charge in [0.05, 0.1) is 0 Å². The molecule has 2 heteroatoms. The highest BCUT2D eigenvalue weighted by molar-refractivity contribution is 6.74. The molecule has 0 N–H and O–H groups in total. The molecule has 0 aromatic carbocycles. The minimum absolute atomic E-state index is 0.344. The van der Waals surface area contributed by atoms with E-state index in [0.29, 0.717) is 5.04 Å². The van der Waals surface area contributed by atoms with Gasteiger partial charge in [0.25, 0.3) is 0 Å². The Labute approximate surface area is 180 Å². The molecule has 0 unspecified atom stereocenters. The smallest absolute Gasteiger partial charge is 0.191 e. The van der Waals surface area contributed by atoms with Crippen LogP contribution in [0.1, 0.15) is 137 Å². The van der Waals surface area contributed by atoms with Crippen molar-refractivity contribution in [3.8, 4) is 0 Å². The Bertz CT molecular complexity index is 332. The SMILES string of the molecule is CCCCCCCCCCCC[C@H](C)CCCCCCO[Si](C)(C)C(C)(C)C. The Kier molecular flexibility index (Phi) is 17.0. The van der Waals surface area contributed by atoms with Gasteiger partial charge < -0.3 is 4.43 Å². The van der Waals surface area contributed by atoms with Gasteiger partial charge in [-0.3, -0.25) is 0 Å². The fraction of sp³-hybridized carbons (Fsp3) is 1.00. The van der Waals surface area contributed by atoms with E-state index >= 15 is 0 Å². The van der Waals surface area contributed by atoms with Crippen LogP contribution < -0.4 is 0 Å². The van der Waals surface area contributed by atoms with Gasteiger partial charge in [0.1, 0.15) is 0 Å². The molecule has 1 nitrogen and oxygen atoms in total. The molecule has 170 valence electrons. The van der Waals surface area contributed by atoms with Crippen LogP contribution in [-0.2, 0) is 4.43 Å². The first-order valence-corrected chi connectivity index (χ1v) is 15.8. The topological polar surface area (TPSA) is 9.23 Å². The van der Waals surface area contributed by atoms with E-state index in [2.05, 4.69) is 47.7 Å². The number of hydrogen-bond acceptors (Lipinski definition) is 1. The summed E-state index contributed by atoms with van der Waals surface area (Å²) in [7, 11) is -1.53. The average molecular weight is 413 g/mol. The summed E-state index contributed by atoms with van der Waals surface area (Å²) in [6.07, 6.45) is 22.8. The first-order valence-electron chi connectivity index (χ1n) is 12.8. The second kappa shape index (κ2) is 16.9. The van der Waals surface area contributed by atoms with Crippen LogP contribution in [0.2, 0.25) is 18.1 Å². The van der Waals surface area contributed by atoms with Gasteiger partial charge >= 0.3 is 0 Å². The van der Waals surface area contributed by atoms with Gasteiger partial charge in [0, 0.05) is 6.61 Å². The van der Waals surface area contributed by atoms with Crippen LogP contribution >= 0.6 is 0 Å². The zero-order valence-corrected chi connectivity index (χ0v) is 22.0. The lowest BCUT2D eigenvalue weighted by Gasteiger charge is -2.36. The lowest BCUT2D eigenvalue weighted by Crippen LogP contribution is -2.40. The van der Waals surface area contributed by atoms with Crippen molar-refractivity contribution in [2.75, 3.05) is 6.61 Å². The Morgan fingerprint density at radius 2 is 1.04 bits per heavy atom. The molecule has 0 aliphatic heterocycles. The van der Waals surface area contributed by atoms with E-state index in [1.165, 1.54) is 103 Å². The Hall–Kier alpha value is 0.177.